The molecule has 1 aliphatic rings. The molecule has 8 heteroatoms. The summed E-state index contributed by atoms with van der Waals surface area (Å²) in [7, 11) is 0. The second-order valence-corrected chi connectivity index (χ2v) is 7.97. The Kier molecular flexibility index (Phi) is 5.76. The summed E-state index contributed by atoms with van der Waals surface area (Å²) in [6, 6.07) is 6.56. The third-order valence-corrected chi connectivity index (χ3v) is 5.34. The Morgan fingerprint density at radius 3 is 2.26 bits per heavy atom. The average Bonchev–Trinajstić information content (AvgIpc) is 3.04. The molecule has 0 fully saturated rings. The lowest BCUT2D eigenvalue weighted by Gasteiger charge is -2.19. The van der Waals surface area contributed by atoms with Crippen LogP contribution in [0.3, 0.4) is 0 Å². The maximum absolute atomic E-state index is 12.7. The van der Waals surface area contributed by atoms with Gasteiger partial charge in [0, 0.05) is 26.3 Å². The zero-order valence-corrected chi connectivity index (χ0v) is 18.2. The number of Topliss-reactive ketones (excluding diaryl/α,β-unsaturated/α-hetero) is 1. The van der Waals surface area contributed by atoms with Crippen LogP contribution in [-0.4, -0.2) is 24.5 Å². The van der Waals surface area contributed by atoms with Gasteiger partial charge in [0.1, 0.15) is 6.04 Å². The van der Waals surface area contributed by atoms with Crippen molar-refractivity contribution in [2.45, 2.75) is 26.8 Å². The molecule has 0 saturated carbocycles. The van der Waals surface area contributed by atoms with Gasteiger partial charge in [-0.15, -0.1) is 0 Å². The Labute approximate surface area is 173 Å². The topological polar surface area (TPSA) is 76.7 Å². The lowest BCUT2D eigenvalue weighted by molar-refractivity contribution is -0.116. The second-order valence-electron chi connectivity index (χ2n) is 6.27. The van der Waals surface area contributed by atoms with Crippen molar-refractivity contribution in [2.24, 2.45) is 0 Å². The van der Waals surface area contributed by atoms with Crippen LogP contribution in [0, 0.1) is 6.92 Å². The summed E-state index contributed by atoms with van der Waals surface area (Å²) in [5.41, 5.74) is 2.68. The molecule has 0 aromatic heterocycles. The van der Waals surface area contributed by atoms with Gasteiger partial charge < -0.3 is 20.1 Å². The molecular formula is C19H18Br2N2O4. The van der Waals surface area contributed by atoms with Gasteiger partial charge in [-0.25, -0.2) is 0 Å². The number of nitrogens with one attached hydrogen (secondary N) is 2. The van der Waals surface area contributed by atoms with Gasteiger partial charge in [-0.1, -0.05) is 0 Å². The minimum atomic E-state index is -0.594. The van der Waals surface area contributed by atoms with E-state index in [0.717, 1.165) is 14.5 Å². The van der Waals surface area contributed by atoms with E-state index in [9.17, 15) is 9.59 Å². The first-order valence-corrected chi connectivity index (χ1v) is 9.82. The normalized spacial score (nSPS) is 13.2. The number of carbonyl (C=O) groups is 2. The minimum absolute atomic E-state index is 0.113. The number of aryl methyl sites for hydroxylation is 1. The van der Waals surface area contributed by atoms with Gasteiger partial charge in [-0.3, -0.25) is 9.59 Å². The Balaban J connectivity index is 1.80. The van der Waals surface area contributed by atoms with E-state index in [4.69, 9.17) is 9.47 Å². The molecule has 0 unspecified atom stereocenters. The Morgan fingerprint density at radius 1 is 1.07 bits per heavy atom. The summed E-state index contributed by atoms with van der Waals surface area (Å²) in [4.78, 5) is 24.6. The molecule has 2 N–H and O–H groups in total. The number of benzene rings is 2. The predicted octanol–water partition coefficient (Wildman–Crippen LogP) is 4.89. The molecule has 1 atom stereocenters. The second kappa shape index (κ2) is 7.90. The van der Waals surface area contributed by atoms with Crippen LogP contribution >= 0.6 is 31.9 Å². The van der Waals surface area contributed by atoms with E-state index >= 15 is 0 Å². The fourth-order valence-electron chi connectivity index (χ4n) is 2.70. The van der Waals surface area contributed by atoms with E-state index in [0.29, 0.717) is 28.4 Å². The highest BCUT2D eigenvalue weighted by atomic mass is 79.9. The summed E-state index contributed by atoms with van der Waals surface area (Å²) in [5, 5.41) is 5.98. The first-order chi connectivity index (χ1) is 12.8. The lowest BCUT2D eigenvalue weighted by Crippen LogP contribution is -2.32. The number of fused-ring (bicyclic) bond motifs is 1. The fourth-order valence-corrected chi connectivity index (χ4v) is 4.32. The van der Waals surface area contributed by atoms with E-state index < -0.39 is 6.04 Å². The number of hydrogen-bond acceptors (Lipinski definition) is 5. The van der Waals surface area contributed by atoms with Gasteiger partial charge in [0.05, 0.1) is 5.69 Å². The van der Waals surface area contributed by atoms with E-state index in [-0.39, 0.29) is 18.5 Å². The predicted molar refractivity (Wildman–Crippen MR) is 111 cm³/mol. The van der Waals surface area contributed by atoms with Crippen LogP contribution in [0.2, 0.25) is 0 Å². The highest BCUT2D eigenvalue weighted by molar-refractivity contribution is 9.11. The standard InChI is InChI=1S/C19H18Br2N2O4/c1-9-4-13(20)18(14(21)5-9)23-19(25)10(2)22-15-7-17-16(26-8-27-17)6-12(15)11(3)24/h4-7,10,22H,8H2,1-3H3,(H,23,25)/t10-/m1/s1. The minimum Gasteiger partial charge on any atom is -0.454 e. The zero-order chi connectivity index (χ0) is 19.7. The first-order valence-electron chi connectivity index (χ1n) is 8.24. The summed E-state index contributed by atoms with van der Waals surface area (Å²) in [6.45, 7) is 5.27. The van der Waals surface area contributed by atoms with E-state index in [1.54, 1.807) is 19.1 Å². The highest BCUT2D eigenvalue weighted by Gasteiger charge is 2.22. The molecule has 0 saturated heterocycles. The first kappa shape index (κ1) is 19.7. The number of carbonyl (C=O) groups excluding carboxylic acids is 2. The smallest absolute Gasteiger partial charge is 0.246 e. The highest BCUT2D eigenvalue weighted by Crippen LogP contribution is 2.37. The number of ketones is 1. The van der Waals surface area contributed by atoms with E-state index in [1.807, 2.05) is 19.1 Å². The maximum atomic E-state index is 12.7. The van der Waals surface area contributed by atoms with Gasteiger partial charge in [0.2, 0.25) is 12.7 Å². The van der Waals surface area contributed by atoms with Gasteiger partial charge >= 0.3 is 0 Å². The quantitative estimate of drug-likeness (QED) is 0.575. The molecule has 3 rings (SSSR count). The Morgan fingerprint density at radius 2 is 1.67 bits per heavy atom. The van der Waals surface area contributed by atoms with E-state index in [2.05, 4.69) is 42.5 Å². The number of rotatable bonds is 5. The fraction of sp³-hybridized carbons (Fsp3) is 0.263. The molecule has 0 radical (unpaired) electrons. The Hall–Kier alpha value is -2.06. The molecule has 6 nitrogen and oxygen atoms in total. The van der Waals surface area contributed by atoms with Crippen LogP contribution < -0.4 is 20.1 Å². The lowest BCUT2D eigenvalue weighted by atomic mass is 10.1. The van der Waals surface area contributed by atoms with Crippen molar-refractivity contribution < 1.29 is 19.1 Å². The number of anilines is 2. The number of hydrogen-bond donors (Lipinski definition) is 2. The largest absolute Gasteiger partial charge is 0.454 e. The molecule has 1 aliphatic heterocycles. The van der Waals surface area contributed by atoms with Crippen molar-refractivity contribution in [1.29, 1.82) is 0 Å². The van der Waals surface area contributed by atoms with Crippen molar-refractivity contribution in [1.82, 2.24) is 0 Å². The van der Waals surface area contributed by atoms with Crippen molar-refractivity contribution in [3.05, 3.63) is 44.3 Å². The number of amides is 1. The van der Waals surface area contributed by atoms with E-state index in [1.165, 1.54) is 6.92 Å². The molecule has 0 spiro atoms. The molecule has 2 aromatic carbocycles. The van der Waals surface area contributed by atoms with Crippen molar-refractivity contribution in [3.8, 4) is 11.5 Å². The third-order valence-electron chi connectivity index (χ3n) is 4.09. The third kappa shape index (κ3) is 4.27. The maximum Gasteiger partial charge on any atom is 0.246 e. The molecular weight excluding hydrogens is 480 g/mol. The molecule has 0 aliphatic carbocycles. The molecule has 2 aromatic rings. The van der Waals surface area contributed by atoms with Gasteiger partial charge in [0.25, 0.3) is 0 Å². The van der Waals surface area contributed by atoms with Gasteiger partial charge in [-0.05, 0) is 76.4 Å². The number of halogens is 2. The molecule has 142 valence electrons. The van der Waals surface area contributed by atoms with Crippen molar-refractivity contribution >= 4 is 54.9 Å². The van der Waals surface area contributed by atoms with Crippen LogP contribution in [0.1, 0.15) is 29.8 Å². The van der Waals surface area contributed by atoms with Crippen molar-refractivity contribution in [3.63, 3.8) is 0 Å². The van der Waals surface area contributed by atoms with Gasteiger partial charge in [-0.2, -0.15) is 0 Å². The molecule has 1 heterocycles. The van der Waals surface area contributed by atoms with Crippen LogP contribution in [0.15, 0.2) is 33.2 Å². The Bertz CT molecular complexity index is 907. The monoisotopic (exact) mass is 496 g/mol. The summed E-state index contributed by atoms with van der Waals surface area (Å²) >= 11 is 6.93. The van der Waals surface area contributed by atoms with Crippen LogP contribution in [0.25, 0.3) is 0 Å². The summed E-state index contributed by atoms with van der Waals surface area (Å²) in [5.74, 6) is 0.689. The summed E-state index contributed by atoms with van der Waals surface area (Å²) in [6.07, 6.45) is 0. The van der Waals surface area contributed by atoms with Crippen molar-refractivity contribution in [2.75, 3.05) is 17.4 Å². The molecule has 27 heavy (non-hydrogen) atoms. The SMILES string of the molecule is CC(=O)c1cc2c(cc1N[C@H](C)C(=O)Nc1c(Br)cc(C)cc1Br)OCO2. The zero-order valence-electron chi connectivity index (χ0n) is 15.0. The molecule has 0 bridgehead atoms. The molecule has 1 amide bonds. The van der Waals surface area contributed by atoms with Crippen LogP contribution in [-0.2, 0) is 4.79 Å². The average molecular weight is 498 g/mol. The van der Waals surface area contributed by atoms with Crippen LogP contribution in [0.4, 0.5) is 11.4 Å². The summed E-state index contributed by atoms with van der Waals surface area (Å²) < 4.78 is 12.2. The number of ether oxygens (including phenoxy) is 2. The van der Waals surface area contributed by atoms with Crippen LogP contribution in [0.5, 0.6) is 11.5 Å². The van der Waals surface area contributed by atoms with Gasteiger partial charge in [0.15, 0.2) is 17.3 Å².